The van der Waals surface area contributed by atoms with Crippen LogP contribution < -0.4 is 5.32 Å². The molecule has 1 atom stereocenters. The summed E-state index contributed by atoms with van der Waals surface area (Å²) in [7, 11) is 0. The lowest BCUT2D eigenvalue weighted by Crippen LogP contribution is -2.32. The number of aliphatic carboxylic acids is 1. The molecule has 2 N–H and O–H groups in total. The van der Waals surface area contributed by atoms with Crippen LogP contribution in [0.3, 0.4) is 0 Å². The van der Waals surface area contributed by atoms with Crippen LogP contribution in [-0.4, -0.2) is 16.9 Å². The van der Waals surface area contributed by atoms with Gasteiger partial charge in [0, 0.05) is 29.3 Å². The second-order valence-corrected chi connectivity index (χ2v) is 5.80. The van der Waals surface area contributed by atoms with E-state index < -0.39 is 29.4 Å². The topological polar surface area (TPSA) is 66.4 Å². The van der Waals surface area contributed by atoms with Crippen LogP contribution in [0, 0.1) is 0 Å². The summed E-state index contributed by atoms with van der Waals surface area (Å²) in [5.41, 5.74) is -0.774. The van der Waals surface area contributed by atoms with Crippen LogP contribution in [0.1, 0.15) is 44.2 Å². The van der Waals surface area contributed by atoms with E-state index in [1.165, 1.54) is 25.1 Å². The number of alkyl halides is 3. The fourth-order valence-electron chi connectivity index (χ4n) is 3.16. The quantitative estimate of drug-likeness (QED) is 0.859. The van der Waals surface area contributed by atoms with Crippen molar-refractivity contribution in [3.63, 3.8) is 0 Å². The van der Waals surface area contributed by atoms with Gasteiger partial charge in [0.2, 0.25) is 0 Å². The largest absolute Gasteiger partial charge is 0.478 e. The maximum atomic E-state index is 13.5. The van der Waals surface area contributed by atoms with Crippen molar-refractivity contribution < 1.29 is 27.9 Å². The first-order valence-electron chi connectivity index (χ1n) is 7.70. The summed E-state index contributed by atoms with van der Waals surface area (Å²) in [6, 6.07) is 4.77. The van der Waals surface area contributed by atoms with Crippen molar-refractivity contribution in [2.24, 2.45) is 0 Å². The Morgan fingerprint density at radius 1 is 1.12 bits per heavy atom. The van der Waals surface area contributed by atoms with Gasteiger partial charge in [0.1, 0.15) is 0 Å². The average molecular weight is 353 g/mol. The molecule has 1 aromatic carbocycles. The molecule has 0 amide bonds. The monoisotopic (exact) mass is 353 g/mol. The van der Waals surface area contributed by atoms with Crippen LogP contribution >= 0.6 is 0 Å². The Morgan fingerprint density at radius 2 is 1.68 bits per heavy atom. The number of halogens is 3. The molecule has 1 aromatic rings. The number of hydrogen-bond donors (Lipinski definition) is 2. The lowest BCUT2D eigenvalue weighted by molar-refractivity contribution is -0.139. The molecule has 7 heteroatoms. The molecule has 25 heavy (non-hydrogen) atoms. The van der Waals surface area contributed by atoms with Crippen LogP contribution in [0.2, 0.25) is 0 Å². The maximum absolute atomic E-state index is 13.5. The summed E-state index contributed by atoms with van der Waals surface area (Å²) < 4.78 is 40.4. The number of ketones is 1. The molecule has 1 aliphatic heterocycles. The van der Waals surface area contributed by atoms with E-state index in [1.807, 2.05) is 0 Å². The molecule has 0 saturated heterocycles. The van der Waals surface area contributed by atoms with Crippen molar-refractivity contribution >= 4 is 11.8 Å². The molecule has 4 nitrogen and oxygen atoms in total. The lowest BCUT2D eigenvalue weighted by atomic mass is 9.76. The van der Waals surface area contributed by atoms with Gasteiger partial charge >= 0.3 is 12.1 Å². The highest BCUT2D eigenvalue weighted by Gasteiger charge is 2.41. The normalized spacial score (nSPS) is 18.2. The van der Waals surface area contributed by atoms with Gasteiger partial charge in [0.15, 0.2) is 5.78 Å². The first-order valence-corrected chi connectivity index (χ1v) is 7.70. The van der Waals surface area contributed by atoms with Gasteiger partial charge in [0.25, 0.3) is 0 Å². The van der Waals surface area contributed by atoms with Crippen LogP contribution in [0.5, 0.6) is 0 Å². The summed E-state index contributed by atoms with van der Waals surface area (Å²) in [5, 5.41) is 12.4. The van der Waals surface area contributed by atoms with Crippen LogP contribution in [0.25, 0.3) is 0 Å². The van der Waals surface area contributed by atoms with Crippen molar-refractivity contribution in [2.45, 2.75) is 39.3 Å². The van der Waals surface area contributed by atoms with Crippen molar-refractivity contribution in [1.82, 2.24) is 5.32 Å². The first kappa shape index (κ1) is 18.8. The number of carbonyl (C=O) groups excluding carboxylic acids is 1. The fourth-order valence-corrected chi connectivity index (χ4v) is 3.16. The second-order valence-electron chi connectivity index (χ2n) is 5.80. The Morgan fingerprint density at radius 3 is 2.20 bits per heavy atom. The highest BCUT2D eigenvalue weighted by Crippen LogP contribution is 2.44. The van der Waals surface area contributed by atoms with Crippen LogP contribution in [0.15, 0.2) is 46.8 Å². The molecule has 0 saturated carbocycles. The Labute approximate surface area is 143 Å². The SMILES string of the molecule is CCC(=O)C1=C(C)NC(C)=C(C(=O)O)C1c1ccccc1C(F)(F)F. The van der Waals surface area contributed by atoms with E-state index >= 15 is 0 Å². The third kappa shape index (κ3) is 3.45. The molecule has 1 heterocycles. The third-order valence-electron chi connectivity index (χ3n) is 4.19. The molecule has 1 unspecified atom stereocenters. The van der Waals surface area contributed by atoms with E-state index in [9.17, 15) is 27.9 Å². The molecule has 0 spiro atoms. The van der Waals surface area contributed by atoms with Crippen molar-refractivity contribution in [3.05, 3.63) is 57.9 Å². The van der Waals surface area contributed by atoms with Crippen LogP contribution in [0.4, 0.5) is 13.2 Å². The molecule has 0 fully saturated rings. The predicted molar refractivity (Wildman–Crippen MR) is 85.7 cm³/mol. The first-order chi connectivity index (χ1) is 11.6. The van der Waals surface area contributed by atoms with Gasteiger partial charge in [0.05, 0.1) is 11.1 Å². The van der Waals surface area contributed by atoms with Gasteiger partial charge in [-0.05, 0) is 25.5 Å². The number of allylic oxidation sites excluding steroid dienone is 3. The van der Waals surface area contributed by atoms with E-state index in [2.05, 4.69) is 5.32 Å². The Kier molecular flexibility index (Phi) is 5.06. The van der Waals surface area contributed by atoms with Gasteiger partial charge in [-0.2, -0.15) is 13.2 Å². The van der Waals surface area contributed by atoms with E-state index in [1.54, 1.807) is 13.8 Å². The van der Waals surface area contributed by atoms with Crippen molar-refractivity contribution in [1.29, 1.82) is 0 Å². The molecule has 0 aliphatic carbocycles. The van der Waals surface area contributed by atoms with Crippen molar-refractivity contribution in [3.8, 4) is 0 Å². The lowest BCUT2D eigenvalue weighted by Gasteiger charge is -2.31. The highest BCUT2D eigenvalue weighted by atomic mass is 19.4. The number of rotatable bonds is 4. The van der Waals surface area contributed by atoms with Crippen molar-refractivity contribution in [2.75, 3.05) is 0 Å². The molecular formula is C18H18F3NO3. The number of Topliss-reactive ketones (excluding diaryl/α,β-unsaturated/α-hetero) is 1. The highest BCUT2D eigenvalue weighted by molar-refractivity contribution is 6.02. The summed E-state index contributed by atoms with van der Waals surface area (Å²) in [4.78, 5) is 24.2. The van der Waals surface area contributed by atoms with Gasteiger partial charge in [-0.15, -0.1) is 0 Å². The fraction of sp³-hybridized carbons (Fsp3) is 0.333. The zero-order valence-corrected chi connectivity index (χ0v) is 14.0. The number of carbonyl (C=O) groups is 2. The summed E-state index contributed by atoms with van der Waals surface area (Å²) in [5.74, 6) is -3.02. The van der Waals surface area contributed by atoms with Gasteiger partial charge in [-0.1, -0.05) is 25.1 Å². The summed E-state index contributed by atoms with van der Waals surface area (Å²) >= 11 is 0. The number of carboxylic acid groups (broad SMARTS) is 1. The molecule has 0 radical (unpaired) electrons. The second kappa shape index (κ2) is 6.74. The molecule has 134 valence electrons. The number of carboxylic acids is 1. The molecule has 0 bridgehead atoms. The third-order valence-corrected chi connectivity index (χ3v) is 4.19. The van der Waals surface area contributed by atoms with Gasteiger partial charge in [-0.3, -0.25) is 4.79 Å². The van der Waals surface area contributed by atoms with Gasteiger partial charge < -0.3 is 10.4 Å². The summed E-state index contributed by atoms with van der Waals surface area (Å²) in [6.45, 7) is 4.62. The number of dihydropyridines is 1. The standard InChI is InChI=1S/C18H18F3NO3/c1-4-13(23)14-9(2)22-10(3)15(17(24)25)16(14)11-7-5-6-8-12(11)18(19,20)21/h5-8,16,22H,4H2,1-3H3,(H,24,25). The smallest absolute Gasteiger partial charge is 0.416 e. The minimum Gasteiger partial charge on any atom is -0.478 e. The van der Waals surface area contributed by atoms with E-state index in [0.29, 0.717) is 5.70 Å². The Bertz CT molecular complexity index is 791. The van der Waals surface area contributed by atoms with E-state index in [0.717, 1.165) is 6.07 Å². The molecule has 1 aliphatic rings. The zero-order chi connectivity index (χ0) is 18.9. The zero-order valence-electron chi connectivity index (χ0n) is 14.0. The van der Waals surface area contributed by atoms with E-state index in [4.69, 9.17) is 0 Å². The molecule has 2 rings (SSSR count). The Hall–Kier alpha value is -2.57. The van der Waals surface area contributed by atoms with Crippen LogP contribution in [-0.2, 0) is 15.8 Å². The predicted octanol–water partition coefficient (Wildman–Crippen LogP) is 4.00. The van der Waals surface area contributed by atoms with E-state index in [-0.39, 0.29) is 28.8 Å². The molecular weight excluding hydrogens is 335 g/mol. The molecule has 0 aromatic heterocycles. The average Bonchev–Trinajstić information content (AvgIpc) is 2.52. The number of benzene rings is 1. The maximum Gasteiger partial charge on any atom is 0.416 e. The summed E-state index contributed by atoms with van der Waals surface area (Å²) in [6.07, 6.45) is -4.60. The number of hydrogen-bond acceptors (Lipinski definition) is 3. The number of nitrogens with one attached hydrogen (secondary N) is 1. The Balaban J connectivity index is 2.82. The minimum absolute atomic E-state index is 0.0576. The van der Waals surface area contributed by atoms with Gasteiger partial charge in [-0.25, -0.2) is 4.79 Å². The minimum atomic E-state index is -4.66.